The summed E-state index contributed by atoms with van der Waals surface area (Å²) in [5, 5.41) is 14.4. The van der Waals surface area contributed by atoms with Crippen molar-refractivity contribution in [3.05, 3.63) is 88.4 Å². The van der Waals surface area contributed by atoms with E-state index < -0.39 is 4.92 Å². The molecule has 3 rings (SSSR count). The third kappa shape index (κ3) is 4.22. The van der Waals surface area contributed by atoms with Gasteiger partial charge in [0.1, 0.15) is 5.03 Å². The fourth-order valence-corrected chi connectivity index (χ4v) is 3.26. The SMILES string of the molecule is O=C(Nc1ccncc1)c1cccnc1SCc1ccccc1[N+](=O)[O-]. The summed E-state index contributed by atoms with van der Waals surface area (Å²) >= 11 is 1.28. The standard InChI is InChI=1S/C18H14N4O3S/c23-17(21-14-7-10-19-11-8-14)15-5-3-9-20-18(15)26-12-13-4-1-2-6-16(13)22(24)25/h1-11H,12H2,(H,19,21,23). The van der Waals surface area contributed by atoms with E-state index in [-0.39, 0.29) is 11.6 Å². The van der Waals surface area contributed by atoms with Crippen LogP contribution in [0.1, 0.15) is 15.9 Å². The molecule has 0 bridgehead atoms. The second-order valence-electron chi connectivity index (χ2n) is 5.22. The molecular weight excluding hydrogens is 352 g/mol. The number of carbonyl (C=O) groups is 1. The Kier molecular flexibility index (Phi) is 5.55. The monoisotopic (exact) mass is 366 g/mol. The van der Waals surface area contributed by atoms with Crippen LogP contribution in [0, 0.1) is 10.1 Å². The zero-order chi connectivity index (χ0) is 18.4. The molecule has 7 nitrogen and oxygen atoms in total. The van der Waals surface area contributed by atoms with Gasteiger partial charge in [-0.3, -0.25) is 19.9 Å². The largest absolute Gasteiger partial charge is 0.322 e. The number of nitrogens with zero attached hydrogens (tertiary/aromatic N) is 3. The molecule has 0 aliphatic carbocycles. The minimum atomic E-state index is -0.411. The second-order valence-corrected chi connectivity index (χ2v) is 6.18. The molecule has 8 heteroatoms. The lowest BCUT2D eigenvalue weighted by Crippen LogP contribution is -2.13. The first-order valence-electron chi connectivity index (χ1n) is 7.66. The van der Waals surface area contributed by atoms with Crippen LogP contribution in [0.2, 0.25) is 0 Å². The van der Waals surface area contributed by atoms with Crippen LogP contribution in [0.3, 0.4) is 0 Å². The number of pyridine rings is 2. The number of aromatic nitrogens is 2. The number of amides is 1. The van der Waals surface area contributed by atoms with Crippen molar-refractivity contribution in [2.45, 2.75) is 10.8 Å². The van der Waals surface area contributed by atoms with Gasteiger partial charge in [0.05, 0.1) is 10.5 Å². The van der Waals surface area contributed by atoms with Crippen LogP contribution < -0.4 is 5.32 Å². The molecule has 0 saturated heterocycles. The summed E-state index contributed by atoms with van der Waals surface area (Å²) in [5.41, 5.74) is 1.67. The first-order chi connectivity index (χ1) is 12.6. The molecule has 0 radical (unpaired) electrons. The van der Waals surface area contributed by atoms with Gasteiger partial charge in [0.15, 0.2) is 0 Å². The Morgan fingerprint density at radius 1 is 1.08 bits per heavy atom. The topological polar surface area (TPSA) is 98.0 Å². The molecule has 130 valence electrons. The van der Waals surface area contributed by atoms with Crippen LogP contribution in [-0.2, 0) is 5.75 Å². The van der Waals surface area contributed by atoms with Gasteiger partial charge in [0.25, 0.3) is 11.6 Å². The van der Waals surface area contributed by atoms with Crippen LogP contribution in [-0.4, -0.2) is 20.8 Å². The average Bonchev–Trinajstić information content (AvgIpc) is 2.67. The maximum atomic E-state index is 12.5. The van der Waals surface area contributed by atoms with Gasteiger partial charge >= 0.3 is 0 Å². The summed E-state index contributed by atoms with van der Waals surface area (Å²) in [7, 11) is 0. The summed E-state index contributed by atoms with van der Waals surface area (Å²) in [5.74, 6) is 0.0401. The van der Waals surface area contributed by atoms with E-state index in [9.17, 15) is 14.9 Å². The lowest BCUT2D eigenvalue weighted by Gasteiger charge is -2.09. The number of anilines is 1. The zero-order valence-electron chi connectivity index (χ0n) is 13.5. The first-order valence-corrected chi connectivity index (χ1v) is 8.65. The average molecular weight is 366 g/mol. The Morgan fingerprint density at radius 3 is 2.62 bits per heavy atom. The zero-order valence-corrected chi connectivity index (χ0v) is 14.3. The van der Waals surface area contributed by atoms with Crippen molar-refractivity contribution in [2.75, 3.05) is 5.32 Å². The smallest absolute Gasteiger partial charge is 0.273 e. The molecule has 0 aliphatic rings. The van der Waals surface area contributed by atoms with Gasteiger partial charge in [-0.15, -0.1) is 11.8 Å². The summed E-state index contributed by atoms with van der Waals surface area (Å²) in [4.78, 5) is 31.4. The predicted molar refractivity (Wildman–Crippen MR) is 99.1 cm³/mol. The van der Waals surface area contributed by atoms with E-state index in [0.717, 1.165) is 0 Å². The lowest BCUT2D eigenvalue weighted by molar-refractivity contribution is -0.385. The minimum absolute atomic E-state index is 0.0544. The summed E-state index contributed by atoms with van der Waals surface area (Å²) in [6.07, 6.45) is 4.76. The van der Waals surface area contributed by atoms with Gasteiger partial charge in [0.2, 0.25) is 0 Å². The van der Waals surface area contributed by atoms with Crippen LogP contribution in [0.4, 0.5) is 11.4 Å². The molecule has 2 heterocycles. The summed E-state index contributed by atoms with van der Waals surface area (Å²) in [6.45, 7) is 0. The van der Waals surface area contributed by atoms with E-state index in [1.807, 2.05) is 0 Å². The Bertz CT molecular complexity index is 934. The minimum Gasteiger partial charge on any atom is -0.322 e. The number of nitro benzene ring substituents is 1. The van der Waals surface area contributed by atoms with E-state index in [1.165, 1.54) is 17.8 Å². The van der Waals surface area contributed by atoms with Crippen molar-refractivity contribution in [3.63, 3.8) is 0 Å². The van der Waals surface area contributed by atoms with Crippen molar-refractivity contribution in [1.82, 2.24) is 9.97 Å². The first kappa shape index (κ1) is 17.6. The molecule has 1 aromatic carbocycles. The Labute approximate surface area is 153 Å². The van der Waals surface area contributed by atoms with Gasteiger partial charge in [-0.25, -0.2) is 4.98 Å². The highest BCUT2D eigenvalue weighted by Crippen LogP contribution is 2.28. The van der Waals surface area contributed by atoms with E-state index in [0.29, 0.717) is 27.6 Å². The molecular formula is C18H14N4O3S. The molecule has 0 atom stereocenters. The van der Waals surface area contributed by atoms with Crippen molar-refractivity contribution in [1.29, 1.82) is 0 Å². The van der Waals surface area contributed by atoms with Gasteiger partial charge < -0.3 is 5.32 Å². The Morgan fingerprint density at radius 2 is 1.85 bits per heavy atom. The summed E-state index contributed by atoms with van der Waals surface area (Å²) in [6, 6.07) is 13.3. The fourth-order valence-electron chi connectivity index (χ4n) is 2.27. The number of rotatable bonds is 6. The highest BCUT2D eigenvalue weighted by Gasteiger charge is 2.16. The number of para-hydroxylation sites is 1. The quantitative estimate of drug-likeness (QED) is 0.403. The molecule has 0 unspecified atom stereocenters. The maximum Gasteiger partial charge on any atom is 0.273 e. The van der Waals surface area contributed by atoms with Gasteiger partial charge in [-0.2, -0.15) is 0 Å². The van der Waals surface area contributed by atoms with Gasteiger partial charge in [-0.1, -0.05) is 18.2 Å². The molecule has 0 aliphatic heterocycles. The summed E-state index contributed by atoms with van der Waals surface area (Å²) < 4.78 is 0. The third-order valence-electron chi connectivity index (χ3n) is 3.51. The van der Waals surface area contributed by atoms with Crippen molar-refractivity contribution in [2.24, 2.45) is 0 Å². The second kappa shape index (κ2) is 8.21. The van der Waals surface area contributed by atoms with E-state index in [4.69, 9.17) is 0 Å². The molecule has 0 fully saturated rings. The van der Waals surface area contributed by atoms with E-state index >= 15 is 0 Å². The number of carbonyl (C=O) groups excluding carboxylic acids is 1. The van der Waals surface area contributed by atoms with E-state index in [2.05, 4.69) is 15.3 Å². The number of hydrogen-bond donors (Lipinski definition) is 1. The number of nitro groups is 1. The third-order valence-corrected chi connectivity index (χ3v) is 4.56. The number of hydrogen-bond acceptors (Lipinski definition) is 6. The normalized spacial score (nSPS) is 10.3. The highest BCUT2D eigenvalue weighted by atomic mass is 32.2. The molecule has 0 spiro atoms. The Hall–Kier alpha value is -3.26. The van der Waals surface area contributed by atoms with Crippen molar-refractivity contribution < 1.29 is 9.72 Å². The Balaban J connectivity index is 1.78. The van der Waals surface area contributed by atoms with Crippen molar-refractivity contribution in [3.8, 4) is 0 Å². The molecule has 2 aromatic heterocycles. The molecule has 1 N–H and O–H groups in total. The van der Waals surface area contributed by atoms with Gasteiger partial charge in [0, 0.05) is 41.7 Å². The lowest BCUT2D eigenvalue weighted by atomic mass is 10.2. The molecule has 26 heavy (non-hydrogen) atoms. The van der Waals surface area contributed by atoms with Crippen LogP contribution in [0.5, 0.6) is 0 Å². The number of nitrogens with one attached hydrogen (secondary N) is 1. The molecule has 0 saturated carbocycles. The fraction of sp³-hybridized carbons (Fsp3) is 0.0556. The van der Waals surface area contributed by atoms with Crippen LogP contribution in [0.25, 0.3) is 0 Å². The maximum absolute atomic E-state index is 12.5. The van der Waals surface area contributed by atoms with Gasteiger partial charge in [-0.05, 0) is 24.3 Å². The van der Waals surface area contributed by atoms with Crippen molar-refractivity contribution >= 4 is 29.0 Å². The van der Waals surface area contributed by atoms with Crippen LogP contribution >= 0.6 is 11.8 Å². The molecule has 1 amide bonds. The number of thioether (sulfide) groups is 1. The van der Waals surface area contributed by atoms with E-state index in [1.54, 1.807) is 61.1 Å². The van der Waals surface area contributed by atoms with Crippen LogP contribution in [0.15, 0.2) is 72.1 Å². The predicted octanol–water partition coefficient (Wildman–Crippen LogP) is 3.93. The molecule has 3 aromatic rings. The highest BCUT2D eigenvalue weighted by molar-refractivity contribution is 7.98. The number of benzene rings is 1.